The van der Waals surface area contributed by atoms with E-state index in [0.29, 0.717) is 18.1 Å². The number of hydrazine groups is 1. The molecule has 2 aromatic carbocycles. The molecule has 3 atom stereocenters. The smallest absolute Gasteiger partial charge is 0.332 e. The maximum absolute atomic E-state index is 14.1. The number of alkyl halides is 1. The van der Waals surface area contributed by atoms with Crippen LogP contribution in [0.25, 0.3) is 10.2 Å². The molecule has 0 spiro atoms. The van der Waals surface area contributed by atoms with Crippen molar-refractivity contribution in [3.8, 4) is 0 Å². The molecule has 3 heterocycles. The Morgan fingerprint density at radius 3 is 2.70 bits per heavy atom. The minimum absolute atomic E-state index is 0.0347. The number of benzene rings is 2. The number of para-hydroxylation sites is 1. The van der Waals surface area contributed by atoms with Crippen molar-refractivity contribution >= 4 is 44.5 Å². The number of urea groups is 1. The third-order valence-electron chi connectivity index (χ3n) is 8.26. The molecule has 10 nitrogen and oxygen atoms in total. The number of nitrogens with two attached hydrogens (primary N) is 1. The Bertz CT molecular complexity index is 1620. The molecule has 3 aliphatic rings. The Kier molecular flexibility index (Phi) is 8.37. The zero-order chi connectivity index (χ0) is 31.0. The predicted octanol–water partition coefficient (Wildman–Crippen LogP) is 3.86. The van der Waals surface area contributed by atoms with Gasteiger partial charge in [0.15, 0.2) is 5.13 Å². The first-order chi connectivity index (χ1) is 21.2. The molecule has 44 heavy (non-hydrogen) atoms. The van der Waals surface area contributed by atoms with Gasteiger partial charge < -0.3 is 20.9 Å². The molecule has 1 aromatic heterocycles. The maximum Gasteiger partial charge on any atom is 0.332 e. The summed E-state index contributed by atoms with van der Waals surface area (Å²) in [4.78, 5) is 49.4. The van der Waals surface area contributed by atoms with Crippen LogP contribution < -0.4 is 11.1 Å². The minimum atomic E-state index is -1.01. The number of rotatable bonds is 8. The van der Waals surface area contributed by atoms with Crippen molar-refractivity contribution in [3.05, 3.63) is 83.5 Å². The van der Waals surface area contributed by atoms with Gasteiger partial charge in [0.1, 0.15) is 18.4 Å². The fourth-order valence-electron chi connectivity index (χ4n) is 6.23. The fraction of sp³-hybridized carbons (Fsp3) is 0.375. The lowest BCUT2D eigenvalue weighted by atomic mass is 10.00. The third-order valence-corrected chi connectivity index (χ3v) is 9.11. The number of fused-ring (bicyclic) bond motifs is 2. The van der Waals surface area contributed by atoms with E-state index in [4.69, 9.17) is 5.73 Å². The van der Waals surface area contributed by atoms with Crippen LogP contribution in [0.4, 0.5) is 14.3 Å². The van der Waals surface area contributed by atoms with Crippen LogP contribution in [0.2, 0.25) is 0 Å². The Morgan fingerprint density at radius 1 is 1.18 bits per heavy atom. The molecule has 1 unspecified atom stereocenters. The number of hydrogen-bond donors (Lipinski definition) is 2. The number of aromatic nitrogens is 1. The molecular formula is C32H36FN7O3S. The summed E-state index contributed by atoms with van der Waals surface area (Å²) < 4.78 is 14.5. The molecule has 0 saturated carbocycles. The number of carbonyl (C=O) groups excluding carboxylic acids is 3. The van der Waals surface area contributed by atoms with Crippen molar-refractivity contribution in [2.75, 3.05) is 25.4 Å². The lowest BCUT2D eigenvalue weighted by molar-refractivity contribution is -0.158. The highest BCUT2D eigenvalue weighted by molar-refractivity contribution is 7.22. The monoisotopic (exact) mass is 617 g/mol. The summed E-state index contributed by atoms with van der Waals surface area (Å²) in [6.07, 6.45) is 4.02. The van der Waals surface area contributed by atoms with E-state index in [1.807, 2.05) is 62.4 Å². The fourth-order valence-corrected chi connectivity index (χ4v) is 7.02. The molecule has 0 radical (unpaired) electrons. The lowest BCUT2D eigenvalue weighted by Gasteiger charge is -2.47. The van der Waals surface area contributed by atoms with Crippen molar-refractivity contribution in [2.24, 2.45) is 0 Å². The van der Waals surface area contributed by atoms with Crippen LogP contribution in [0.1, 0.15) is 31.4 Å². The molecule has 2 fully saturated rings. The first kappa shape index (κ1) is 29.8. The van der Waals surface area contributed by atoms with Gasteiger partial charge in [0.2, 0.25) is 11.8 Å². The van der Waals surface area contributed by atoms with E-state index in [2.05, 4.69) is 10.3 Å². The van der Waals surface area contributed by atoms with Gasteiger partial charge >= 0.3 is 6.03 Å². The SMILES string of the molecule is CC(C)N(C(=O)NCC1=CCC(F)C=C1)N1CC(=O)N2[C@@H](Cc3ccccc3)C(=O)N(Cc3cccc4sc(N)nc34)C[C@@H]21. The summed E-state index contributed by atoms with van der Waals surface area (Å²) in [5, 5.41) is 6.76. The number of carbonyl (C=O) groups is 3. The number of halogens is 1. The van der Waals surface area contributed by atoms with E-state index in [1.54, 1.807) is 32.0 Å². The number of nitrogen functional groups attached to an aromatic ring is 1. The first-order valence-corrected chi connectivity index (χ1v) is 15.6. The molecule has 2 saturated heterocycles. The minimum Gasteiger partial charge on any atom is -0.375 e. The number of hydrogen-bond acceptors (Lipinski definition) is 7. The standard InChI is InChI=1S/C32H36FN7O3S/c1-20(2)40(32(43)35-16-22-11-13-24(33)14-12-22)38-19-28(41)39-25(15-21-7-4-3-5-8-21)30(42)37(18-27(38)39)17-23-9-6-10-26-29(23)36-31(34)44-26/h3-13,20,24-25,27H,14-19H2,1-2H3,(H2,34,36)(H,35,43)/t24?,25-,27+/m0/s1. The second kappa shape index (κ2) is 12.4. The van der Waals surface area contributed by atoms with Gasteiger partial charge in [0, 0.05) is 32.0 Å². The topological polar surface area (TPSA) is 115 Å². The second-order valence-corrected chi connectivity index (χ2v) is 12.7. The van der Waals surface area contributed by atoms with Crippen LogP contribution >= 0.6 is 11.3 Å². The Labute approximate surface area is 259 Å². The van der Waals surface area contributed by atoms with Crippen molar-refractivity contribution in [1.29, 1.82) is 0 Å². The zero-order valence-corrected chi connectivity index (χ0v) is 25.5. The van der Waals surface area contributed by atoms with E-state index in [0.717, 1.165) is 26.9 Å². The predicted molar refractivity (Wildman–Crippen MR) is 168 cm³/mol. The highest BCUT2D eigenvalue weighted by Crippen LogP contribution is 2.33. The van der Waals surface area contributed by atoms with E-state index < -0.39 is 18.4 Å². The molecular weight excluding hydrogens is 581 g/mol. The van der Waals surface area contributed by atoms with Crippen LogP contribution in [0.3, 0.4) is 0 Å². The number of nitrogens with one attached hydrogen (secondary N) is 1. The molecule has 230 valence electrons. The Balaban J connectivity index is 1.30. The van der Waals surface area contributed by atoms with Crippen molar-refractivity contribution in [1.82, 2.24) is 30.1 Å². The highest BCUT2D eigenvalue weighted by atomic mass is 32.1. The molecule has 3 aromatic rings. The number of anilines is 1. The summed E-state index contributed by atoms with van der Waals surface area (Å²) >= 11 is 1.40. The van der Waals surface area contributed by atoms with E-state index in [9.17, 15) is 18.8 Å². The molecule has 1 aliphatic carbocycles. The van der Waals surface area contributed by atoms with E-state index >= 15 is 0 Å². The van der Waals surface area contributed by atoms with E-state index in [1.165, 1.54) is 17.4 Å². The van der Waals surface area contributed by atoms with Crippen molar-refractivity contribution < 1.29 is 18.8 Å². The molecule has 4 amide bonds. The Morgan fingerprint density at radius 2 is 1.98 bits per heavy atom. The number of thiazole rings is 1. The number of amides is 4. The van der Waals surface area contributed by atoms with Gasteiger partial charge in [-0.1, -0.05) is 72.0 Å². The third kappa shape index (κ3) is 5.91. The number of nitrogens with zero attached hydrogens (tertiary/aromatic N) is 5. The van der Waals surface area contributed by atoms with Crippen LogP contribution in [0.15, 0.2) is 72.3 Å². The van der Waals surface area contributed by atoms with Crippen LogP contribution in [-0.4, -0.2) is 86.7 Å². The van der Waals surface area contributed by atoms with Crippen LogP contribution in [0.5, 0.6) is 0 Å². The van der Waals surface area contributed by atoms with Gasteiger partial charge in [-0.2, -0.15) is 5.01 Å². The average molecular weight is 618 g/mol. The first-order valence-electron chi connectivity index (χ1n) is 14.8. The van der Waals surface area contributed by atoms with Crippen molar-refractivity contribution in [2.45, 2.75) is 57.7 Å². The molecule has 2 aliphatic heterocycles. The quantitative estimate of drug-likeness (QED) is 0.397. The largest absolute Gasteiger partial charge is 0.375 e. The summed E-state index contributed by atoms with van der Waals surface area (Å²) in [6, 6.07) is 14.1. The maximum atomic E-state index is 14.1. The average Bonchev–Trinajstić information content (AvgIpc) is 3.54. The normalized spacial score (nSPS) is 22.1. The van der Waals surface area contributed by atoms with Gasteiger partial charge in [-0.05, 0) is 36.6 Å². The molecule has 6 rings (SSSR count). The molecule has 12 heteroatoms. The summed E-state index contributed by atoms with van der Waals surface area (Å²) in [5.41, 5.74) is 9.40. The lowest BCUT2D eigenvalue weighted by Crippen LogP contribution is -2.66. The van der Waals surface area contributed by atoms with Gasteiger partial charge in [-0.25, -0.2) is 14.2 Å². The van der Waals surface area contributed by atoms with Gasteiger partial charge in [-0.15, -0.1) is 0 Å². The molecule has 3 N–H and O–H groups in total. The Hall–Kier alpha value is -4.29. The second-order valence-electron chi connectivity index (χ2n) is 11.6. The van der Waals surface area contributed by atoms with Crippen LogP contribution in [-0.2, 0) is 22.6 Å². The zero-order valence-electron chi connectivity index (χ0n) is 24.7. The van der Waals surface area contributed by atoms with Gasteiger partial charge in [-0.3, -0.25) is 14.6 Å². The number of piperazine rings is 1. The highest BCUT2D eigenvalue weighted by Gasteiger charge is 2.52. The van der Waals surface area contributed by atoms with Gasteiger partial charge in [0.25, 0.3) is 0 Å². The summed E-state index contributed by atoms with van der Waals surface area (Å²) in [6.45, 7) is 4.49. The van der Waals surface area contributed by atoms with Crippen molar-refractivity contribution in [3.63, 3.8) is 0 Å². The molecule has 0 bridgehead atoms. The van der Waals surface area contributed by atoms with Gasteiger partial charge in [0.05, 0.1) is 23.3 Å². The number of allylic oxidation sites excluding steroid dienone is 2. The van der Waals surface area contributed by atoms with E-state index in [-0.39, 0.29) is 49.9 Å². The summed E-state index contributed by atoms with van der Waals surface area (Å²) in [5.74, 6) is -0.355. The summed E-state index contributed by atoms with van der Waals surface area (Å²) in [7, 11) is 0. The van der Waals surface area contributed by atoms with Crippen LogP contribution in [0, 0.1) is 0 Å².